The maximum absolute atomic E-state index is 8.86. The zero-order valence-corrected chi connectivity index (χ0v) is 10.5. The number of hydrogen-bond acceptors (Lipinski definition) is 4. The molecule has 0 aliphatic rings. The Morgan fingerprint density at radius 1 is 1.37 bits per heavy atom. The first-order valence-electron chi connectivity index (χ1n) is 5.76. The molecule has 19 heavy (non-hydrogen) atoms. The van der Waals surface area contributed by atoms with Crippen LogP contribution in [0.3, 0.4) is 0 Å². The molecule has 2 aromatic rings. The molecule has 4 heteroatoms. The van der Waals surface area contributed by atoms with Gasteiger partial charge in [0.1, 0.15) is 0 Å². The molecule has 1 heterocycles. The smallest absolute Gasteiger partial charge is 0.223 e. The number of anilines is 1. The van der Waals surface area contributed by atoms with Gasteiger partial charge in [-0.15, -0.1) is 6.42 Å². The zero-order chi connectivity index (χ0) is 13.7. The van der Waals surface area contributed by atoms with Gasteiger partial charge in [-0.2, -0.15) is 5.26 Å². The van der Waals surface area contributed by atoms with E-state index in [2.05, 4.69) is 27.3 Å². The molecule has 4 nitrogen and oxygen atoms in total. The van der Waals surface area contributed by atoms with Gasteiger partial charge in [-0.05, 0) is 30.7 Å². The topological polar surface area (TPSA) is 61.6 Å². The summed E-state index contributed by atoms with van der Waals surface area (Å²) in [7, 11) is 0. The monoisotopic (exact) mass is 248 g/mol. The second-order valence-electron chi connectivity index (χ2n) is 3.96. The quantitative estimate of drug-likeness (QED) is 0.847. The zero-order valence-electron chi connectivity index (χ0n) is 10.5. The Balaban J connectivity index is 2.37. The number of nitrogens with one attached hydrogen (secondary N) is 1. The van der Waals surface area contributed by atoms with Crippen LogP contribution in [-0.4, -0.2) is 16.5 Å². The van der Waals surface area contributed by atoms with E-state index in [0.717, 1.165) is 16.8 Å². The third-order valence-corrected chi connectivity index (χ3v) is 2.64. The molecule has 0 radical (unpaired) electrons. The molecular weight excluding hydrogens is 236 g/mol. The summed E-state index contributed by atoms with van der Waals surface area (Å²) in [6.07, 6.45) is 6.86. The highest BCUT2D eigenvalue weighted by Crippen LogP contribution is 2.22. The lowest BCUT2D eigenvalue weighted by atomic mass is 10.0. The van der Waals surface area contributed by atoms with E-state index >= 15 is 0 Å². The molecule has 0 amide bonds. The maximum Gasteiger partial charge on any atom is 0.223 e. The molecule has 0 unspecified atom stereocenters. The third-order valence-electron chi connectivity index (χ3n) is 2.64. The minimum Gasteiger partial charge on any atom is -0.343 e. The Morgan fingerprint density at radius 3 is 2.89 bits per heavy atom. The fraction of sp³-hybridized carbons (Fsp3) is 0.133. The third kappa shape index (κ3) is 2.88. The SMILES string of the molecule is C#CCNc1nccc(-c2ccc(C#N)cc2C)n1. The molecule has 0 saturated carbocycles. The van der Waals surface area contributed by atoms with Crippen LogP contribution >= 0.6 is 0 Å². The number of rotatable bonds is 3. The van der Waals surface area contributed by atoms with E-state index in [1.54, 1.807) is 12.3 Å². The lowest BCUT2D eigenvalue weighted by molar-refractivity contribution is 1.13. The summed E-state index contributed by atoms with van der Waals surface area (Å²) in [5.74, 6) is 2.97. The minimum absolute atomic E-state index is 0.385. The van der Waals surface area contributed by atoms with Crippen LogP contribution in [0.4, 0.5) is 5.95 Å². The van der Waals surface area contributed by atoms with Crippen LogP contribution in [0.25, 0.3) is 11.3 Å². The summed E-state index contributed by atoms with van der Waals surface area (Å²) in [6.45, 7) is 2.34. The fourth-order valence-corrected chi connectivity index (χ4v) is 1.74. The molecule has 0 fully saturated rings. The predicted octanol–water partition coefficient (Wildman–Crippen LogP) is 2.37. The number of nitriles is 1. The summed E-state index contributed by atoms with van der Waals surface area (Å²) in [5.41, 5.74) is 3.42. The second kappa shape index (κ2) is 5.66. The van der Waals surface area contributed by atoms with E-state index in [-0.39, 0.29) is 0 Å². The molecule has 0 spiro atoms. The highest BCUT2D eigenvalue weighted by Gasteiger charge is 2.05. The standard InChI is InChI=1S/C15H12N4/c1-3-7-17-15-18-8-6-14(19-15)13-5-4-12(10-16)9-11(13)2/h1,4-6,8-9H,7H2,2H3,(H,17,18,19). The summed E-state index contributed by atoms with van der Waals surface area (Å²) in [5, 5.41) is 11.8. The molecule has 0 aliphatic carbocycles. The average Bonchev–Trinajstić information content (AvgIpc) is 2.45. The van der Waals surface area contributed by atoms with Gasteiger partial charge in [0.05, 0.1) is 23.9 Å². The van der Waals surface area contributed by atoms with Crippen molar-refractivity contribution in [3.05, 3.63) is 41.6 Å². The Morgan fingerprint density at radius 2 is 2.21 bits per heavy atom. The van der Waals surface area contributed by atoms with Crippen LogP contribution in [0, 0.1) is 30.6 Å². The van der Waals surface area contributed by atoms with Crippen molar-refractivity contribution in [1.82, 2.24) is 9.97 Å². The van der Waals surface area contributed by atoms with Crippen molar-refractivity contribution in [3.8, 4) is 29.7 Å². The first kappa shape index (κ1) is 12.6. The Hall–Kier alpha value is -2.85. The van der Waals surface area contributed by atoms with Crippen molar-refractivity contribution in [3.63, 3.8) is 0 Å². The van der Waals surface area contributed by atoms with Gasteiger partial charge in [-0.1, -0.05) is 12.0 Å². The molecule has 0 saturated heterocycles. The molecule has 2 rings (SSSR count). The lowest BCUT2D eigenvalue weighted by Crippen LogP contribution is -2.03. The number of terminal acetylenes is 1. The molecule has 1 aromatic heterocycles. The van der Waals surface area contributed by atoms with Crippen LogP contribution in [-0.2, 0) is 0 Å². The Labute approximate surface area is 112 Å². The summed E-state index contributed by atoms with van der Waals surface area (Å²) in [6, 6.07) is 9.45. The normalized spacial score (nSPS) is 9.42. The van der Waals surface area contributed by atoms with Crippen molar-refractivity contribution in [1.29, 1.82) is 5.26 Å². The summed E-state index contributed by atoms with van der Waals surface area (Å²) >= 11 is 0. The number of hydrogen-bond donors (Lipinski definition) is 1. The van der Waals surface area contributed by atoms with E-state index in [0.29, 0.717) is 18.1 Å². The summed E-state index contributed by atoms with van der Waals surface area (Å²) in [4.78, 5) is 8.49. The molecule has 0 atom stereocenters. The highest BCUT2D eigenvalue weighted by atomic mass is 15.1. The van der Waals surface area contributed by atoms with Crippen LogP contribution in [0.5, 0.6) is 0 Å². The van der Waals surface area contributed by atoms with Gasteiger partial charge in [0, 0.05) is 11.8 Å². The van der Waals surface area contributed by atoms with Gasteiger partial charge in [0.25, 0.3) is 0 Å². The van der Waals surface area contributed by atoms with Crippen molar-refractivity contribution < 1.29 is 0 Å². The predicted molar refractivity (Wildman–Crippen MR) is 74.2 cm³/mol. The van der Waals surface area contributed by atoms with Gasteiger partial charge in [-0.3, -0.25) is 0 Å². The Kier molecular flexibility index (Phi) is 3.75. The van der Waals surface area contributed by atoms with E-state index in [4.69, 9.17) is 11.7 Å². The van der Waals surface area contributed by atoms with Gasteiger partial charge >= 0.3 is 0 Å². The fourth-order valence-electron chi connectivity index (χ4n) is 1.74. The van der Waals surface area contributed by atoms with Crippen molar-refractivity contribution in [2.24, 2.45) is 0 Å². The van der Waals surface area contributed by atoms with E-state index in [1.165, 1.54) is 0 Å². The minimum atomic E-state index is 0.385. The van der Waals surface area contributed by atoms with Crippen molar-refractivity contribution in [2.75, 3.05) is 11.9 Å². The largest absolute Gasteiger partial charge is 0.343 e. The average molecular weight is 248 g/mol. The van der Waals surface area contributed by atoms with Gasteiger partial charge in [-0.25, -0.2) is 9.97 Å². The Bertz CT molecular complexity index is 677. The van der Waals surface area contributed by atoms with E-state index < -0.39 is 0 Å². The molecule has 0 bridgehead atoms. The van der Waals surface area contributed by atoms with Gasteiger partial charge in [0.15, 0.2) is 0 Å². The van der Waals surface area contributed by atoms with Crippen molar-refractivity contribution >= 4 is 5.95 Å². The number of aryl methyl sites for hydroxylation is 1. The van der Waals surface area contributed by atoms with Crippen LogP contribution in [0.2, 0.25) is 0 Å². The van der Waals surface area contributed by atoms with Crippen LogP contribution in [0.1, 0.15) is 11.1 Å². The van der Waals surface area contributed by atoms with Gasteiger partial charge in [0.2, 0.25) is 5.95 Å². The lowest BCUT2D eigenvalue weighted by Gasteiger charge is -2.07. The van der Waals surface area contributed by atoms with Crippen LogP contribution < -0.4 is 5.32 Å². The van der Waals surface area contributed by atoms with Crippen molar-refractivity contribution in [2.45, 2.75) is 6.92 Å². The summed E-state index contributed by atoms with van der Waals surface area (Å²) < 4.78 is 0. The van der Waals surface area contributed by atoms with Crippen LogP contribution in [0.15, 0.2) is 30.5 Å². The number of benzene rings is 1. The molecule has 1 aromatic carbocycles. The molecule has 0 aliphatic heterocycles. The molecule has 92 valence electrons. The first-order chi connectivity index (χ1) is 9.24. The first-order valence-corrected chi connectivity index (χ1v) is 5.76. The number of nitrogens with zero attached hydrogens (tertiary/aromatic N) is 3. The molecular formula is C15H12N4. The second-order valence-corrected chi connectivity index (χ2v) is 3.96. The van der Waals surface area contributed by atoms with Gasteiger partial charge < -0.3 is 5.32 Å². The highest BCUT2D eigenvalue weighted by molar-refractivity contribution is 5.65. The number of aromatic nitrogens is 2. The maximum atomic E-state index is 8.86. The molecule has 1 N–H and O–H groups in total. The van der Waals surface area contributed by atoms with E-state index in [9.17, 15) is 0 Å². The van der Waals surface area contributed by atoms with E-state index in [1.807, 2.05) is 25.1 Å².